The number of aromatic amines is 1. The van der Waals surface area contributed by atoms with Crippen molar-refractivity contribution in [2.75, 3.05) is 0 Å². The van der Waals surface area contributed by atoms with E-state index in [1.807, 2.05) is 0 Å². The van der Waals surface area contributed by atoms with Gasteiger partial charge in [0.05, 0.1) is 3.70 Å². The lowest BCUT2D eigenvalue weighted by atomic mass is 10.2. The number of fused-ring (bicyclic) bond motifs is 1. The molecule has 0 saturated heterocycles. The van der Waals surface area contributed by atoms with Crippen LogP contribution >= 0.6 is 22.6 Å². The first-order chi connectivity index (χ1) is 5.27. The highest BCUT2D eigenvalue weighted by Gasteiger charge is 1.98. The number of H-pyrrole nitrogens is 1. The van der Waals surface area contributed by atoms with Crippen molar-refractivity contribution in [3.8, 4) is 0 Å². The Morgan fingerprint density at radius 3 is 2.91 bits per heavy atom. The van der Waals surface area contributed by atoms with Crippen LogP contribution in [0.2, 0.25) is 0 Å². The third-order valence-electron chi connectivity index (χ3n) is 1.83. The zero-order chi connectivity index (χ0) is 7.84. The summed E-state index contributed by atoms with van der Waals surface area (Å²) >= 11 is 2.29. The Hall–Kier alpha value is -0.510. The topological polar surface area (TPSA) is 15.8 Å². The van der Waals surface area contributed by atoms with Crippen LogP contribution in [0.1, 0.15) is 5.56 Å². The SMILES string of the molecule is Cc1cccc2cc(I)[nH]c12. The second kappa shape index (κ2) is 2.52. The standard InChI is InChI=1S/C9H8IN/c1-6-3-2-4-7-5-8(10)11-9(6)7/h2-5,11H,1H3. The van der Waals surface area contributed by atoms with Crippen LogP contribution in [0.25, 0.3) is 10.9 Å². The van der Waals surface area contributed by atoms with E-state index in [0.717, 1.165) is 0 Å². The van der Waals surface area contributed by atoms with Crippen LogP contribution in [0, 0.1) is 10.6 Å². The molecule has 0 aliphatic rings. The quantitative estimate of drug-likeness (QED) is 0.698. The largest absolute Gasteiger partial charge is 0.350 e. The van der Waals surface area contributed by atoms with E-state index in [1.54, 1.807) is 0 Å². The van der Waals surface area contributed by atoms with E-state index in [9.17, 15) is 0 Å². The van der Waals surface area contributed by atoms with Crippen LogP contribution in [0.3, 0.4) is 0 Å². The van der Waals surface area contributed by atoms with Gasteiger partial charge in [0.1, 0.15) is 0 Å². The van der Waals surface area contributed by atoms with Gasteiger partial charge >= 0.3 is 0 Å². The molecule has 0 radical (unpaired) electrons. The van der Waals surface area contributed by atoms with Crippen LogP contribution in [-0.4, -0.2) is 4.98 Å². The molecule has 1 aromatic heterocycles. The van der Waals surface area contributed by atoms with Crippen LogP contribution in [0.15, 0.2) is 24.3 Å². The van der Waals surface area contributed by atoms with Crippen LogP contribution in [0.5, 0.6) is 0 Å². The van der Waals surface area contributed by atoms with Gasteiger partial charge in [-0.15, -0.1) is 0 Å². The van der Waals surface area contributed by atoms with Gasteiger partial charge in [0.15, 0.2) is 0 Å². The first-order valence-electron chi connectivity index (χ1n) is 3.51. The molecule has 0 aliphatic carbocycles. The molecule has 0 bridgehead atoms. The van der Waals surface area contributed by atoms with Gasteiger partial charge in [-0.1, -0.05) is 18.2 Å². The van der Waals surface area contributed by atoms with E-state index in [0.29, 0.717) is 0 Å². The van der Waals surface area contributed by atoms with Gasteiger partial charge in [0.25, 0.3) is 0 Å². The molecule has 0 saturated carbocycles. The van der Waals surface area contributed by atoms with Crippen molar-refractivity contribution in [1.82, 2.24) is 4.98 Å². The monoisotopic (exact) mass is 257 g/mol. The third-order valence-corrected chi connectivity index (χ3v) is 2.41. The van der Waals surface area contributed by atoms with Crippen molar-refractivity contribution in [3.05, 3.63) is 33.5 Å². The van der Waals surface area contributed by atoms with Gasteiger partial charge in [-0.2, -0.15) is 0 Å². The number of nitrogens with one attached hydrogen (secondary N) is 1. The fourth-order valence-corrected chi connectivity index (χ4v) is 1.88. The molecule has 2 rings (SSSR count). The fourth-order valence-electron chi connectivity index (χ4n) is 1.27. The molecule has 56 valence electrons. The Morgan fingerprint density at radius 2 is 2.18 bits per heavy atom. The second-order valence-electron chi connectivity index (χ2n) is 2.66. The Kier molecular flexibility index (Phi) is 1.64. The molecule has 1 heterocycles. The number of benzene rings is 1. The normalized spacial score (nSPS) is 10.7. The second-order valence-corrected chi connectivity index (χ2v) is 3.82. The van der Waals surface area contributed by atoms with E-state index < -0.39 is 0 Å². The summed E-state index contributed by atoms with van der Waals surface area (Å²) in [5.41, 5.74) is 2.57. The number of rotatable bonds is 0. The van der Waals surface area contributed by atoms with Crippen molar-refractivity contribution >= 4 is 33.5 Å². The Bertz CT molecular complexity index is 389. The Labute approximate surface area is 78.9 Å². The number of hydrogen-bond acceptors (Lipinski definition) is 0. The van der Waals surface area contributed by atoms with Crippen molar-refractivity contribution in [1.29, 1.82) is 0 Å². The van der Waals surface area contributed by atoms with Gasteiger partial charge in [0.2, 0.25) is 0 Å². The summed E-state index contributed by atoms with van der Waals surface area (Å²) in [5, 5.41) is 1.30. The van der Waals surface area contributed by atoms with Crippen molar-refractivity contribution < 1.29 is 0 Å². The highest BCUT2D eigenvalue weighted by molar-refractivity contribution is 14.1. The zero-order valence-corrected chi connectivity index (χ0v) is 8.34. The molecule has 0 atom stereocenters. The summed E-state index contributed by atoms with van der Waals surface area (Å²) in [7, 11) is 0. The molecule has 11 heavy (non-hydrogen) atoms. The molecule has 0 fully saturated rings. The predicted molar refractivity (Wildman–Crippen MR) is 55.8 cm³/mol. The molecule has 0 amide bonds. The molecule has 1 N–H and O–H groups in total. The number of halogens is 1. The van der Waals surface area contributed by atoms with Crippen molar-refractivity contribution in [3.63, 3.8) is 0 Å². The van der Waals surface area contributed by atoms with Gasteiger partial charge in [-0.05, 0) is 41.1 Å². The predicted octanol–water partition coefficient (Wildman–Crippen LogP) is 3.08. The summed E-state index contributed by atoms with van der Waals surface area (Å²) in [6, 6.07) is 8.49. The molecule has 0 spiro atoms. The number of para-hydroxylation sites is 1. The third kappa shape index (κ3) is 1.15. The maximum absolute atomic E-state index is 3.31. The molecule has 1 nitrogen and oxygen atoms in total. The zero-order valence-electron chi connectivity index (χ0n) is 6.19. The van der Waals surface area contributed by atoms with E-state index in [2.05, 4.69) is 58.8 Å². The van der Waals surface area contributed by atoms with Gasteiger partial charge in [0, 0.05) is 10.9 Å². The van der Waals surface area contributed by atoms with Gasteiger partial charge in [-0.25, -0.2) is 0 Å². The highest BCUT2D eigenvalue weighted by atomic mass is 127. The summed E-state index contributed by atoms with van der Waals surface area (Å²) < 4.78 is 1.20. The Morgan fingerprint density at radius 1 is 1.36 bits per heavy atom. The molecule has 1 aromatic carbocycles. The summed E-state index contributed by atoms with van der Waals surface area (Å²) in [4.78, 5) is 3.31. The molecular weight excluding hydrogens is 249 g/mol. The molecule has 2 aromatic rings. The fraction of sp³-hybridized carbons (Fsp3) is 0.111. The van der Waals surface area contributed by atoms with E-state index in [4.69, 9.17) is 0 Å². The lowest BCUT2D eigenvalue weighted by Crippen LogP contribution is -1.73. The minimum atomic E-state index is 1.20. The maximum atomic E-state index is 3.31. The number of hydrogen-bond donors (Lipinski definition) is 1. The average molecular weight is 257 g/mol. The molecule has 2 heteroatoms. The Balaban J connectivity index is 2.90. The van der Waals surface area contributed by atoms with E-state index in [-0.39, 0.29) is 0 Å². The number of aromatic nitrogens is 1. The molecular formula is C9H8IN. The lowest BCUT2D eigenvalue weighted by molar-refractivity contribution is 1.37. The minimum absolute atomic E-state index is 1.20. The summed E-state index contributed by atoms with van der Waals surface area (Å²) in [6.45, 7) is 2.12. The first kappa shape index (κ1) is 7.16. The smallest absolute Gasteiger partial charge is 0.0782 e. The van der Waals surface area contributed by atoms with Crippen LogP contribution in [-0.2, 0) is 0 Å². The van der Waals surface area contributed by atoms with Gasteiger partial charge in [-0.3, -0.25) is 0 Å². The van der Waals surface area contributed by atoms with Gasteiger partial charge < -0.3 is 4.98 Å². The summed E-state index contributed by atoms with van der Waals surface area (Å²) in [5.74, 6) is 0. The number of aryl methyl sites for hydroxylation is 1. The van der Waals surface area contributed by atoms with Crippen LogP contribution < -0.4 is 0 Å². The van der Waals surface area contributed by atoms with E-state index in [1.165, 1.54) is 20.2 Å². The maximum Gasteiger partial charge on any atom is 0.0782 e. The molecule has 0 aliphatic heterocycles. The minimum Gasteiger partial charge on any atom is -0.350 e. The highest BCUT2D eigenvalue weighted by Crippen LogP contribution is 2.19. The summed E-state index contributed by atoms with van der Waals surface area (Å²) in [6.07, 6.45) is 0. The van der Waals surface area contributed by atoms with E-state index >= 15 is 0 Å². The lowest BCUT2D eigenvalue weighted by Gasteiger charge is -1.92. The molecule has 0 unspecified atom stereocenters. The van der Waals surface area contributed by atoms with Crippen molar-refractivity contribution in [2.45, 2.75) is 6.92 Å². The average Bonchev–Trinajstić information content (AvgIpc) is 2.31. The van der Waals surface area contributed by atoms with Crippen LogP contribution in [0.4, 0.5) is 0 Å². The first-order valence-corrected chi connectivity index (χ1v) is 4.59. The van der Waals surface area contributed by atoms with Crippen molar-refractivity contribution in [2.24, 2.45) is 0 Å².